The molecular weight excluding hydrogens is 397 g/mol. The molecule has 1 aliphatic heterocycles. The smallest absolute Gasteiger partial charge is 0.132 e. The lowest BCUT2D eigenvalue weighted by molar-refractivity contribution is 0.198. The molecule has 3 nitrogen and oxygen atoms in total. The van der Waals surface area contributed by atoms with Gasteiger partial charge < -0.3 is 9.88 Å². The maximum absolute atomic E-state index is 13.7. The number of halogens is 1. The van der Waals surface area contributed by atoms with E-state index in [1.807, 2.05) is 13.0 Å². The number of imidazole rings is 1. The number of fused-ring (bicyclic) bond motifs is 1. The molecule has 0 radical (unpaired) electrons. The number of H-pyrrole nitrogens is 1. The minimum atomic E-state index is -0.179. The summed E-state index contributed by atoms with van der Waals surface area (Å²) in [6, 6.07) is 9.57. The van der Waals surface area contributed by atoms with Crippen LogP contribution in [0.15, 0.2) is 53.8 Å². The molecule has 1 aliphatic carbocycles. The van der Waals surface area contributed by atoms with Crippen LogP contribution < -0.4 is 0 Å². The van der Waals surface area contributed by atoms with Gasteiger partial charge in [-0.25, -0.2) is 9.37 Å². The number of aryl methyl sites for hydroxylation is 3. The molecule has 0 saturated carbocycles. The Bertz CT molecular complexity index is 1230. The summed E-state index contributed by atoms with van der Waals surface area (Å²) in [7, 11) is 0. The predicted molar refractivity (Wildman–Crippen MR) is 129 cm³/mol. The first kappa shape index (κ1) is 21.0. The highest BCUT2D eigenvalue weighted by atomic mass is 19.1. The van der Waals surface area contributed by atoms with Crippen LogP contribution in [0.25, 0.3) is 11.0 Å². The topological polar surface area (TPSA) is 31.9 Å². The van der Waals surface area contributed by atoms with E-state index in [2.05, 4.69) is 61.9 Å². The molecule has 0 bridgehead atoms. The second-order valence-electron chi connectivity index (χ2n) is 9.85. The molecule has 2 heterocycles. The van der Waals surface area contributed by atoms with Crippen molar-refractivity contribution in [2.24, 2.45) is 0 Å². The lowest BCUT2D eigenvalue weighted by Crippen LogP contribution is -2.39. The van der Waals surface area contributed by atoms with E-state index in [-0.39, 0.29) is 17.3 Å². The molecule has 1 fully saturated rings. The minimum Gasteiger partial charge on any atom is -0.359 e. The van der Waals surface area contributed by atoms with Gasteiger partial charge in [0.15, 0.2) is 0 Å². The van der Waals surface area contributed by atoms with Gasteiger partial charge in [0, 0.05) is 18.2 Å². The first-order valence-corrected chi connectivity index (χ1v) is 11.7. The summed E-state index contributed by atoms with van der Waals surface area (Å²) in [5.74, 6) is 1.14. The van der Waals surface area contributed by atoms with Crippen molar-refractivity contribution >= 4 is 11.0 Å². The molecule has 2 aliphatic rings. The minimum absolute atomic E-state index is 0.166. The Labute approximate surface area is 190 Å². The number of rotatable bonds is 3. The summed E-state index contributed by atoms with van der Waals surface area (Å²) in [6.45, 7) is 11.8. The molecule has 5 rings (SSSR count). The van der Waals surface area contributed by atoms with Crippen molar-refractivity contribution in [1.82, 2.24) is 14.9 Å². The molecule has 0 spiro atoms. The van der Waals surface area contributed by atoms with Gasteiger partial charge in [0.1, 0.15) is 11.6 Å². The van der Waals surface area contributed by atoms with Crippen LogP contribution in [-0.2, 0) is 5.54 Å². The van der Waals surface area contributed by atoms with Gasteiger partial charge in [-0.1, -0.05) is 18.2 Å². The monoisotopic (exact) mass is 429 g/mol. The zero-order valence-corrected chi connectivity index (χ0v) is 19.7. The maximum atomic E-state index is 13.7. The third-order valence-electron chi connectivity index (χ3n) is 7.61. The number of aromatic nitrogens is 2. The molecule has 1 aromatic heterocycles. The SMILES string of the molecule is CC1=CCC(c2ccc(F)cc2C)C=C1N1CCC[C@@]1(C)c1nc2cc(C)c(C)cc2[nH]1. The largest absolute Gasteiger partial charge is 0.359 e. The number of hydrogen-bond donors (Lipinski definition) is 1. The van der Waals surface area contributed by atoms with Crippen molar-refractivity contribution in [2.45, 2.75) is 65.3 Å². The first-order chi connectivity index (χ1) is 15.3. The van der Waals surface area contributed by atoms with E-state index in [1.54, 1.807) is 12.1 Å². The molecule has 1 unspecified atom stereocenters. The quantitative estimate of drug-likeness (QED) is 0.488. The Morgan fingerprint density at radius 2 is 1.84 bits per heavy atom. The third-order valence-corrected chi connectivity index (χ3v) is 7.61. The highest BCUT2D eigenvalue weighted by molar-refractivity contribution is 5.77. The van der Waals surface area contributed by atoms with Crippen LogP contribution in [-0.4, -0.2) is 21.4 Å². The average molecular weight is 430 g/mol. The van der Waals surface area contributed by atoms with Gasteiger partial charge in [0.05, 0.1) is 16.6 Å². The summed E-state index contributed by atoms with van der Waals surface area (Å²) in [4.78, 5) is 11.2. The summed E-state index contributed by atoms with van der Waals surface area (Å²) in [5, 5.41) is 0. The Morgan fingerprint density at radius 1 is 1.06 bits per heavy atom. The first-order valence-electron chi connectivity index (χ1n) is 11.7. The molecule has 4 heteroatoms. The van der Waals surface area contributed by atoms with Crippen molar-refractivity contribution < 1.29 is 4.39 Å². The Kier molecular flexibility index (Phi) is 4.99. The summed E-state index contributed by atoms with van der Waals surface area (Å²) < 4.78 is 13.7. The fraction of sp³-hybridized carbons (Fsp3) is 0.393. The lowest BCUT2D eigenvalue weighted by atomic mass is 9.85. The Balaban J connectivity index is 1.55. The second kappa shape index (κ2) is 7.61. The number of benzene rings is 2. The fourth-order valence-electron chi connectivity index (χ4n) is 5.49. The highest BCUT2D eigenvalue weighted by Crippen LogP contribution is 2.44. The van der Waals surface area contributed by atoms with Gasteiger partial charge in [0.25, 0.3) is 0 Å². The van der Waals surface area contributed by atoms with Gasteiger partial charge in [-0.05, 0) is 106 Å². The van der Waals surface area contributed by atoms with E-state index in [9.17, 15) is 4.39 Å². The van der Waals surface area contributed by atoms with Crippen molar-refractivity contribution in [3.05, 3.63) is 87.6 Å². The molecule has 2 atom stereocenters. The van der Waals surface area contributed by atoms with E-state index >= 15 is 0 Å². The summed E-state index contributed by atoms with van der Waals surface area (Å²) in [5.41, 5.74) is 9.37. The van der Waals surface area contributed by atoms with Crippen LogP contribution in [0.5, 0.6) is 0 Å². The number of likely N-dealkylation sites (tertiary alicyclic amines) is 1. The summed E-state index contributed by atoms with van der Waals surface area (Å²) >= 11 is 0. The zero-order chi connectivity index (χ0) is 22.6. The maximum Gasteiger partial charge on any atom is 0.132 e. The number of aromatic amines is 1. The van der Waals surface area contributed by atoms with Crippen molar-refractivity contribution in [2.75, 3.05) is 6.54 Å². The molecule has 32 heavy (non-hydrogen) atoms. The van der Waals surface area contributed by atoms with E-state index < -0.39 is 0 Å². The van der Waals surface area contributed by atoms with Crippen LogP contribution in [0.4, 0.5) is 4.39 Å². The average Bonchev–Trinajstić information content (AvgIpc) is 3.33. The van der Waals surface area contributed by atoms with E-state index in [1.165, 1.54) is 28.0 Å². The second-order valence-corrected chi connectivity index (χ2v) is 9.85. The van der Waals surface area contributed by atoms with Crippen LogP contribution in [0, 0.1) is 26.6 Å². The van der Waals surface area contributed by atoms with Crippen LogP contribution in [0.2, 0.25) is 0 Å². The van der Waals surface area contributed by atoms with E-state index in [4.69, 9.17) is 4.98 Å². The molecule has 166 valence electrons. The van der Waals surface area contributed by atoms with Gasteiger partial charge in [-0.3, -0.25) is 0 Å². The van der Waals surface area contributed by atoms with Crippen molar-refractivity contribution in [3.63, 3.8) is 0 Å². The zero-order valence-electron chi connectivity index (χ0n) is 19.7. The molecule has 2 aromatic carbocycles. The van der Waals surface area contributed by atoms with Crippen molar-refractivity contribution in [3.8, 4) is 0 Å². The lowest BCUT2D eigenvalue weighted by Gasteiger charge is -2.39. The summed E-state index contributed by atoms with van der Waals surface area (Å²) in [6.07, 6.45) is 7.89. The molecular formula is C28H32FN3. The predicted octanol–water partition coefficient (Wildman–Crippen LogP) is 6.96. The van der Waals surface area contributed by atoms with Gasteiger partial charge in [-0.2, -0.15) is 0 Å². The van der Waals surface area contributed by atoms with Crippen LogP contribution in [0.3, 0.4) is 0 Å². The van der Waals surface area contributed by atoms with Gasteiger partial charge >= 0.3 is 0 Å². The molecule has 1 N–H and O–H groups in total. The van der Waals surface area contributed by atoms with E-state index in [0.29, 0.717) is 0 Å². The number of allylic oxidation sites excluding steroid dienone is 3. The van der Waals surface area contributed by atoms with Gasteiger partial charge in [0.2, 0.25) is 0 Å². The van der Waals surface area contributed by atoms with E-state index in [0.717, 1.165) is 48.2 Å². The number of hydrogen-bond acceptors (Lipinski definition) is 2. The van der Waals surface area contributed by atoms with Gasteiger partial charge in [-0.15, -0.1) is 0 Å². The Morgan fingerprint density at radius 3 is 2.62 bits per heavy atom. The van der Waals surface area contributed by atoms with Crippen molar-refractivity contribution in [1.29, 1.82) is 0 Å². The molecule has 0 amide bonds. The van der Waals surface area contributed by atoms with Crippen LogP contribution >= 0.6 is 0 Å². The third kappa shape index (κ3) is 3.37. The van der Waals surface area contributed by atoms with Crippen LogP contribution in [0.1, 0.15) is 67.1 Å². The molecule has 1 saturated heterocycles. The number of nitrogens with one attached hydrogen (secondary N) is 1. The molecule has 3 aromatic rings. The number of nitrogens with zero attached hydrogens (tertiary/aromatic N) is 2. The normalized spacial score (nSPS) is 23.6. The fourth-order valence-corrected chi connectivity index (χ4v) is 5.49. The Hall–Kier alpha value is -2.88. The highest BCUT2D eigenvalue weighted by Gasteiger charge is 2.42. The standard InChI is InChI=1S/C28H32FN3/c1-17-7-8-21(23-10-9-22(29)13-20(23)4)16-26(17)32-12-6-11-28(32,5)27-30-24-14-18(2)19(3)15-25(24)31-27/h7,9-10,13-16,21H,6,8,11-12H2,1-5H3,(H,30,31)/t21?,28-/m0/s1.